The molecular weight excluding hydrogens is 302 g/mol. The summed E-state index contributed by atoms with van der Waals surface area (Å²) in [6.45, 7) is 10.7. The van der Waals surface area contributed by atoms with E-state index >= 15 is 0 Å². The van der Waals surface area contributed by atoms with Crippen LogP contribution in [-0.2, 0) is 9.59 Å². The van der Waals surface area contributed by atoms with Crippen LogP contribution < -0.4 is 10.2 Å². The number of anilines is 1. The summed E-state index contributed by atoms with van der Waals surface area (Å²) in [7, 11) is 0. The zero-order valence-electron chi connectivity index (χ0n) is 14.0. The average molecular weight is 327 g/mol. The third kappa shape index (κ3) is 4.51. The van der Waals surface area contributed by atoms with E-state index < -0.39 is 23.5 Å². The number of hydrogen-bond acceptors (Lipinski definition) is 5. The number of nitrogens with one attached hydrogen (secondary N) is 1. The minimum Gasteiger partial charge on any atom is -0.383 e. The van der Waals surface area contributed by atoms with E-state index in [2.05, 4.69) is 10.3 Å². The van der Waals surface area contributed by atoms with Crippen LogP contribution in [0.2, 0.25) is 0 Å². The van der Waals surface area contributed by atoms with Crippen molar-refractivity contribution in [1.82, 2.24) is 10.3 Å². The molecule has 1 rings (SSSR count). The van der Waals surface area contributed by atoms with Crippen molar-refractivity contribution in [1.29, 1.82) is 0 Å². The Hall–Kier alpha value is -1.47. The van der Waals surface area contributed by atoms with Crippen molar-refractivity contribution in [3.8, 4) is 0 Å². The van der Waals surface area contributed by atoms with Crippen LogP contribution in [0.25, 0.3) is 0 Å². The lowest BCUT2D eigenvalue weighted by Gasteiger charge is -2.29. The lowest BCUT2D eigenvalue weighted by molar-refractivity contribution is -0.137. The SMILES string of the molecule is CC(NC(=O)C(O)C(C)(C)C)C(=O)N(c1nccs1)C(C)C. The van der Waals surface area contributed by atoms with Gasteiger partial charge in [-0.3, -0.25) is 14.5 Å². The third-order valence-electron chi connectivity index (χ3n) is 3.18. The van der Waals surface area contributed by atoms with E-state index in [0.29, 0.717) is 5.13 Å². The van der Waals surface area contributed by atoms with E-state index in [-0.39, 0.29) is 11.9 Å². The molecule has 0 aromatic carbocycles. The van der Waals surface area contributed by atoms with Gasteiger partial charge in [0.25, 0.3) is 5.91 Å². The number of aliphatic hydroxyl groups excluding tert-OH is 1. The van der Waals surface area contributed by atoms with Gasteiger partial charge in [0.1, 0.15) is 12.1 Å². The number of hydrogen-bond donors (Lipinski definition) is 2. The number of nitrogens with zero attached hydrogens (tertiary/aromatic N) is 2. The zero-order valence-corrected chi connectivity index (χ0v) is 14.8. The van der Waals surface area contributed by atoms with Crippen LogP contribution >= 0.6 is 11.3 Å². The summed E-state index contributed by atoms with van der Waals surface area (Å²) in [6, 6.07) is -0.818. The first-order valence-electron chi connectivity index (χ1n) is 7.26. The van der Waals surface area contributed by atoms with Gasteiger partial charge in [0.2, 0.25) is 5.91 Å². The molecule has 0 aliphatic rings. The molecule has 2 unspecified atom stereocenters. The second-order valence-electron chi connectivity index (χ2n) is 6.62. The molecule has 0 aliphatic carbocycles. The van der Waals surface area contributed by atoms with Gasteiger partial charge in [-0.1, -0.05) is 20.8 Å². The van der Waals surface area contributed by atoms with E-state index in [1.807, 2.05) is 13.8 Å². The number of rotatable bonds is 5. The van der Waals surface area contributed by atoms with E-state index in [0.717, 1.165) is 0 Å². The fourth-order valence-electron chi connectivity index (χ4n) is 1.86. The quantitative estimate of drug-likeness (QED) is 0.864. The molecule has 0 saturated heterocycles. The van der Waals surface area contributed by atoms with Crippen LogP contribution in [0.1, 0.15) is 41.5 Å². The predicted octanol–water partition coefficient (Wildman–Crippen LogP) is 1.80. The van der Waals surface area contributed by atoms with Crippen molar-refractivity contribution in [2.75, 3.05) is 4.90 Å². The lowest BCUT2D eigenvalue weighted by Crippen LogP contribution is -2.53. The molecule has 0 saturated carbocycles. The van der Waals surface area contributed by atoms with Crippen molar-refractivity contribution in [2.45, 2.75) is 59.7 Å². The van der Waals surface area contributed by atoms with Crippen molar-refractivity contribution in [3.05, 3.63) is 11.6 Å². The normalized spacial score (nSPS) is 14.5. The van der Waals surface area contributed by atoms with Gasteiger partial charge in [-0.25, -0.2) is 4.98 Å². The van der Waals surface area contributed by atoms with Crippen LogP contribution in [0.3, 0.4) is 0 Å². The standard InChI is InChI=1S/C15H25N3O3S/c1-9(2)18(14-16-7-8-22-14)13(21)10(3)17-12(20)11(19)15(4,5)6/h7-11,19H,1-6H3,(H,17,20). The molecule has 1 aromatic rings. The van der Waals surface area contributed by atoms with Crippen molar-refractivity contribution < 1.29 is 14.7 Å². The number of amides is 2. The molecule has 0 spiro atoms. The van der Waals surface area contributed by atoms with Crippen LogP contribution in [0.15, 0.2) is 11.6 Å². The van der Waals surface area contributed by atoms with E-state index in [4.69, 9.17) is 0 Å². The fraction of sp³-hybridized carbons (Fsp3) is 0.667. The molecule has 2 N–H and O–H groups in total. The van der Waals surface area contributed by atoms with Crippen molar-refractivity contribution in [2.24, 2.45) is 5.41 Å². The van der Waals surface area contributed by atoms with E-state index in [1.54, 1.807) is 44.2 Å². The molecule has 2 atom stereocenters. The van der Waals surface area contributed by atoms with Crippen LogP contribution in [0, 0.1) is 5.41 Å². The maximum Gasteiger partial charge on any atom is 0.251 e. The molecular formula is C15H25N3O3S. The minimum absolute atomic E-state index is 0.0782. The molecule has 0 fully saturated rings. The largest absolute Gasteiger partial charge is 0.383 e. The summed E-state index contributed by atoms with van der Waals surface area (Å²) in [5.41, 5.74) is -0.583. The first-order chi connectivity index (χ1) is 10.1. The Balaban J connectivity index is 2.81. The Morgan fingerprint density at radius 2 is 1.91 bits per heavy atom. The molecule has 0 aliphatic heterocycles. The summed E-state index contributed by atoms with van der Waals surface area (Å²) in [6.07, 6.45) is 0.463. The molecule has 1 heterocycles. The number of thiazole rings is 1. The van der Waals surface area contributed by atoms with Crippen LogP contribution in [0.4, 0.5) is 5.13 Å². The van der Waals surface area contributed by atoms with Gasteiger partial charge >= 0.3 is 0 Å². The van der Waals surface area contributed by atoms with Gasteiger partial charge in [0.05, 0.1) is 0 Å². The highest BCUT2D eigenvalue weighted by Crippen LogP contribution is 2.22. The maximum atomic E-state index is 12.6. The van der Waals surface area contributed by atoms with Crippen LogP contribution in [-0.4, -0.2) is 40.1 Å². The smallest absolute Gasteiger partial charge is 0.251 e. The molecule has 0 radical (unpaired) electrons. The Kier molecular flexibility index (Phi) is 6.08. The van der Waals surface area contributed by atoms with E-state index in [1.165, 1.54) is 11.3 Å². The fourth-order valence-corrected chi connectivity index (χ4v) is 2.64. The van der Waals surface area contributed by atoms with Gasteiger partial charge in [-0.15, -0.1) is 11.3 Å². The summed E-state index contributed by atoms with van der Waals surface area (Å²) in [4.78, 5) is 30.3. The number of carbonyl (C=O) groups excluding carboxylic acids is 2. The lowest BCUT2D eigenvalue weighted by atomic mass is 9.88. The Labute approximate surface area is 135 Å². The highest BCUT2D eigenvalue weighted by atomic mass is 32.1. The summed E-state index contributed by atoms with van der Waals surface area (Å²) in [5, 5.41) is 14.9. The number of carbonyl (C=O) groups is 2. The van der Waals surface area contributed by atoms with Crippen LogP contribution in [0.5, 0.6) is 0 Å². The molecule has 124 valence electrons. The highest BCUT2D eigenvalue weighted by Gasteiger charge is 2.32. The molecule has 0 bridgehead atoms. The summed E-state index contributed by atoms with van der Waals surface area (Å²) in [5.74, 6) is -0.796. The molecule has 6 nitrogen and oxygen atoms in total. The minimum atomic E-state index is -1.17. The Morgan fingerprint density at radius 1 is 1.32 bits per heavy atom. The molecule has 1 aromatic heterocycles. The molecule has 7 heteroatoms. The maximum absolute atomic E-state index is 12.6. The number of aliphatic hydroxyl groups is 1. The van der Waals surface area contributed by atoms with Gasteiger partial charge in [-0.05, 0) is 26.2 Å². The first kappa shape index (κ1) is 18.6. The van der Waals surface area contributed by atoms with Gasteiger partial charge in [0, 0.05) is 17.6 Å². The summed E-state index contributed by atoms with van der Waals surface area (Å²) >= 11 is 1.37. The van der Waals surface area contributed by atoms with Crippen molar-refractivity contribution >= 4 is 28.3 Å². The third-order valence-corrected chi connectivity index (χ3v) is 3.95. The molecule has 22 heavy (non-hydrogen) atoms. The zero-order chi connectivity index (χ0) is 17.1. The van der Waals surface area contributed by atoms with Gasteiger partial charge in [0.15, 0.2) is 5.13 Å². The summed E-state index contributed by atoms with van der Waals surface area (Å²) < 4.78 is 0. The molecule has 2 amide bonds. The second-order valence-corrected chi connectivity index (χ2v) is 7.49. The average Bonchev–Trinajstić information content (AvgIpc) is 2.89. The first-order valence-corrected chi connectivity index (χ1v) is 8.14. The Morgan fingerprint density at radius 3 is 2.32 bits per heavy atom. The van der Waals surface area contributed by atoms with Gasteiger partial charge in [-0.2, -0.15) is 0 Å². The number of aromatic nitrogens is 1. The second kappa shape index (κ2) is 7.19. The monoisotopic (exact) mass is 327 g/mol. The van der Waals surface area contributed by atoms with Crippen molar-refractivity contribution in [3.63, 3.8) is 0 Å². The highest BCUT2D eigenvalue weighted by molar-refractivity contribution is 7.13. The van der Waals surface area contributed by atoms with E-state index in [9.17, 15) is 14.7 Å². The van der Waals surface area contributed by atoms with Gasteiger partial charge < -0.3 is 10.4 Å². The predicted molar refractivity (Wildman–Crippen MR) is 87.8 cm³/mol. The topological polar surface area (TPSA) is 82.5 Å². The Bertz CT molecular complexity index is 509.